The van der Waals surface area contributed by atoms with Crippen molar-refractivity contribution in [2.75, 3.05) is 18.0 Å². The summed E-state index contributed by atoms with van der Waals surface area (Å²) in [6.07, 6.45) is 4.92. The maximum atomic E-state index is 10.8. The molecule has 0 aromatic carbocycles. The summed E-state index contributed by atoms with van der Waals surface area (Å²) in [5.74, 6) is 0.662. The highest BCUT2D eigenvalue weighted by atomic mass is 16.3. The summed E-state index contributed by atoms with van der Waals surface area (Å²) in [4.78, 5) is 10.9. The van der Waals surface area contributed by atoms with E-state index in [1.807, 2.05) is 24.9 Å². The number of anilines is 1. The highest BCUT2D eigenvalue weighted by molar-refractivity contribution is 5.35. The Bertz CT molecular complexity index is 599. The normalized spacial score (nSPS) is 23.1. The van der Waals surface area contributed by atoms with Crippen LogP contribution < -0.4 is 4.90 Å². The molecule has 2 aromatic heterocycles. The fraction of sp³-hybridized carbons (Fsp3) is 0.538. The lowest BCUT2D eigenvalue weighted by Crippen LogP contribution is -2.47. The van der Waals surface area contributed by atoms with Crippen molar-refractivity contribution in [2.45, 2.75) is 32.3 Å². The van der Waals surface area contributed by atoms with E-state index in [1.165, 1.54) is 0 Å². The van der Waals surface area contributed by atoms with E-state index in [0.717, 1.165) is 24.2 Å². The molecule has 0 amide bonds. The second-order valence-electron chi connectivity index (χ2n) is 5.35. The van der Waals surface area contributed by atoms with Crippen LogP contribution in [0.4, 0.5) is 5.95 Å². The van der Waals surface area contributed by atoms with Crippen LogP contribution in [0.3, 0.4) is 0 Å². The molecule has 1 atom stereocenters. The molecule has 1 saturated heterocycles. The summed E-state index contributed by atoms with van der Waals surface area (Å²) in [7, 11) is 0. The predicted octanol–water partition coefficient (Wildman–Crippen LogP) is 0.700. The van der Waals surface area contributed by atoms with Crippen molar-refractivity contribution in [1.82, 2.24) is 25.4 Å². The van der Waals surface area contributed by atoms with Gasteiger partial charge < -0.3 is 10.0 Å². The molecule has 0 radical (unpaired) electrons. The van der Waals surface area contributed by atoms with Gasteiger partial charge in [0.2, 0.25) is 5.95 Å². The van der Waals surface area contributed by atoms with Gasteiger partial charge in [-0.25, -0.2) is 9.97 Å². The predicted molar refractivity (Wildman–Crippen MR) is 73.2 cm³/mol. The fourth-order valence-corrected chi connectivity index (χ4v) is 2.51. The number of piperidine rings is 1. The van der Waals surface area contributed by atoms with Crippen LogP contribution in [0.25, 0.3) is 0 Å². The van der Waals surface area contributed by atoms with Crippen LogP contribution in [0.2, 0.25) is 0 Å². The number of H-pyrrole nitrogens is 1. The summed E-state index contributed by atoms with van der Waals surface area (Å²) in [5, 5.41) is 21.1. The Kier molecular flexibility index (Phi) is 3.13. The number of aryl methyl sites for hydroxylation is 2. The van der Waals surface area contributed by atoms with Gasteiger partial charge >= 0.3 is 0 Å². The Balaban J connectivity index is 1.86. The van der Waals surface area contributed by atoms with Crippen molar-refractivity contribution in [3.8, 4) is 0 Å². The SMILES string of the molecule is Cc1cnc(N2CCCC(O)(c3cn[nH]n3)C2)nc1C. The number of nitrogens with zero attached hydrogens (tertiary/aromatic N) is 5. The first-order chi connectivity index (χ1) is 9.58. The van der Waals surface area contributed by atoms with Crippen molar-refractivity contribution in [3.05, 3.63) is 29.3 Å². The molecule has 20 heavy (non-hydrogen) atoms. The number of nitrogens with one attached hydrogen (secondary N) is 1. The largest absolute Gasteiger partial charge is 0.382 e. The van der Waals surface area contributed by atoms with Gasteiger partial charge in [-0.05, 0) is 32.3 Å². The number of aromatic amines is 1. The first kappa shape index (κ1) is 13.0. The summed E-state index contributed by atoms with van der Waals surface area (Å²) >= 11 is 0. The van der Waals surface area contributed by atoms with Gasteiger partial charge in [-0.2, -0.15) is 15.4 Å². The average Bonchev–Trinajstić information content (AvgIpc) is 2.97. The minimum absolute atomic E-state index is 0.433. The molecule has 106 valence electrons. The van der Waals surface area contributed by atoms with E-state index >= 15 is 0 Å². The maximum absolute atomic E-state index is 10.8. The number of hydrogen-bond donors (Lipinski definition) is 2. The quantitative estimate of drug-likeness (QED) is 0.837. The number of rotatable bonds is 2. The van der Waals surface area contributed by atoms with Gasteiger partial charge in [-0.15, -0.1) is 0 Å². The lowest BCUT2D eigenvalue weighted by Gasteiger charge is -2.38. The number of β-amino-alcohol motifs (C(OH)–C–C–N with tert-alkyl or cyclic N) is 1. The first-order valence-corrected chi connectivity index (χ1v) is 6.72. The van der Waals surface area contributed by atoms with Crippen LogP contribution in [0.5, 0.6) is 0 Å². The highest BCUT2D eigenvalue weighted by Crippen LogP contribution is 2.31. The molecular formula is C13H18N6O. The minimum atomic E-state index is -0.993. The standard InChI is InChI=1S/C13H18N6O/c1-9-6-14-12(16-10(9)2)19-5-3-4-13(20,8-19)11-7-15-18-17-11/h6-7,20H,3-5,8H2,1-2H3,(H,15,17,18). The molecule has 0 bridgehead atoms. The van der Waals surface area contributed by atoms with Gasteiger partial charge in [-0.3, -0.25) is 0 Å². The summed E-state index contributed by atoms with van der Waals surface area (Å²) < 4.78 is 0. The van der Waals surface area contributed by atoms with Gasteiger partial charge in [0.25, 0.3) is 0 Å². The van der Waals surface area contributed by atoms with E-state index in [1.54, 1.807) is 6.20 Å². The molecule has 7 heteroatoms. The monoisotopic (exact) mass is 274 g/mol. The second-order valence-corrected chi connectivity index (χ2v) is 5.35. The zero-order valence-electron chi connectivity index (χ0n) is 11.7. The molecule has 1 aliphatic heterocycles. The van der Waals surface area contributed by atoms with Gasteiger partial charge in [-0.1, -0.05) is 0 Å². The number of aliphatic hydroxyl groups is 1. The molecule has 1 aliphatic rings. The molecule has 3 heterocycles. The number of hydrogen-bond acceptors (Lipinski definition) is 6. The van der Waals surface area contributed by atoms with E-state index in [9.17, 15) is 5.11 Å². The molecule has 0 saturated carbocycles. The Morgan fingerprint density at radius 1 is 1.35 bits per heavy atom. The molecule has 3 rings (SSSR count). The van der Waals surface area contributed by atoms with Gasteiger partial charge in [0, 0.05) is 18.4 Å². The summed E-state index contributed by atoms with van der Waals surface area (Å²) in [6, 6.07) is 0. The zero-order chi connectivity index (χ0) is 14.2. The van der Waals surface area contributed by atoms with Crippen LogP contribution in [-0.4, -0.2) is 43.6 Å². The molecule has 0 aliphatic carbocycles. The second kappa shape index (κ2) is 4.82. The third kappa shape index (κ3) is 2.24. The average molecular weight is 274 g/mol. The molecule has 1 unspecified atom stereocenters. The fourth-order valence-electron chi connectivity index (χ4n) is 2.51. The lowest BCUT2D eigenvalue weighted by molar-refractivity contribution is 0.0172. The molecule has 2 aromatic rings. The summed E-state index contributed by atoms with van der Waals surface area (Å²) in [5.41, 5.74) is 1.61. The smallest absolute Gasteiger partial charge is 0.225 e. The van der Waals surface area contributed by atoms with Crippen LogP contribution in [-0.2, 0) is 5.60 Å². The van der Waals surface area contributed by atoms with Crippen molar-refractivity contribution in [3.63, 3.8) is 0 Å². The van der Waals surface area contributed by atoms with Crippen molar-refractivity contribution < 1.29 is 5.11 Å². The maximum Gasteiger partial charge on any atom is 0.225 e. The van der Waals surface area contributed by atoms with E-state index in [2.05, 4.69) is 25.4 Å². The van der Waals surface area contributed by atoms with Gasteiger partial charge in [0.15, 0.2) is 0 Å². The van der Waals surface area contributed by atoms with E-state index in [0.29, 0.717) is 24.6 Å². The topological polar surface area (TPSA) is 90.8 Å². The number of aromatic nitrogens is 5. The zero-order valence-corrected chi connectivity index (χ0v) is 11.7. The lowest BCUT2D eigenvalue weighted by atomic mass is 9.90. The third-order valence-electron chi connectivity index (χ3n) is 3.86. The molecule has 7 nitrogen and oxygen atoms in total. The van der Waals surface area contributed by atoms with Gasteiger partial charge in [0.05, 0.1) is 12.7 Å². The molecular weight excluding hydrogens is 256 g/mol. The Morgan fingerprint density at radius 3 is 2.90 bits per heavy atom. The Hall–Kier alpha value is -2.02. The van der Waals surface area contributed by atoms with E-state index in [4.69, 9.17) is 0 Å². The van der Waals surface area contributed by atoms with Crippen LogP contribution in [0.15, 0.2) is 12.4 Å². The van der Waals surface area contributed by atoms with Crippen LogP contribution in [0.1, 0.15) is 29.8 Å². The van der Waals surface area contributed by atoms with Crippen LogP contribution in [0, 0.1) is 13.8 Å². The van der Waals surface area contributed by atoms with Crippen molar-refractivity contribution in [1.29, 1.82) is 0 Å². The molecule has 1 fully saturated rings. The summed E-state index contributed by atoms with van der Waals surface area (Å²) in [6.45, 7) is 5.22. The minimum Gasteiger partial charge on any atom is -0.382 e. The van der Waals surface area contributed by atoms with Crippen molar-refractivity contribution >= 4 is 5.95 Å². The Morgan fingerprint density at radius 2 is 2.20 bits per heavy atom. The highest BCUT2D eigenvalue weighted by Gasteiger charge is 2.38. The van der Waals surface area contributed by atoms with Crippen molar-refractivity contribution in [2.24, 2.45) is 0 Å². The van der Waals surface area contributed by atoms with Gasteiger partial charge in [0.1, 0.15) is 11.3 Å². The van der Waals surface area contributed by atoms with E-state index < -0.39 is 5.60 Å². The Labute approximate surface area is 117 Å². The van der Waals surface area contributed by atoms with Crippen LogP contribution >= 0.6 is 0 Å². The molecule has 2 N–H and O–H groups in total. The first-order valence-electron chi connectivity index (χ1n) is 6.72. The third-order valence-corrected chi connectivity index (χ3v) is 3.86. The van der Waals surface area contributed by atoms with E-state index in [-0.39, 0.29) is 0 Å². The molecule has 0 spiro atoms.